The SMILES string of the molecule is C1=CC2C=CC3=CCC=c4ccc(c2c43)=C1. The molecular formula is C16H12. The molecule has 3 aliphatic carbocycles. The van der Waals surface area contributed by atoms with E-state index in [-0.39, 0.29) is 0 Å². The summed E-state index contributed by atoms with van der Waals surface area (Å²) in [6.45, 7) is 0. The standard InChI is InChI=1S/C16H12/c1-3-11-7-9-13-5-2-6-14-10-8-12(4-1)15(11)16(13)14/h1,3-11H,2H2. The van der Waals surface area contributed by atoms with Gasteiger partial charge in [0.1, 0.15) is 0 Å². The van der Waals surface area contributed by atoms with Crippen molar-refractivity contribution in [1.29, 1.82) is 0 Å². The van der Waals surface area contributed by atoms with Crippen molar-refractivity contribution in [2.75, 3.05) is 0 Å². The maximum absolute atomic E-state index is 2.33. The van der Waals surface area contributed by atoms with Crippen LogP contribution < -0.4 is 10.4 Å². The first-order valence-corrected chi connectivity index (χ1v) is 5.84. The van der Waals surface area contributed by atoms with Gasteiger partial charge in [-0.25, -0.2) is 0 Å². The van der Waals surface area contributed by atoms with Gasteiger partial charge >= 0.3 is 0 Å². The Labute approximate surface area is 94.6 Å². The Morgan fingerprint density at radius 2 is 1.94 bits per heavy atom. The monoisotopic (exact) mass is 204 g/mol. The van der Waals surface area contributed by atoms with Crippen LogP contribution in [0.4, 0.5) is 0 Å². The van der Waals surface area contributed by atoms with Gasteiger partial charge in [-0.15, -0.1) is 0 Å². The molecule has 3 aliphatic rings. The summed E-state index contributed by atoms with van der Waals surface area (Å²) < 4.78 is 0. The molecule has 0 aliphatic heterocycles. The van der Waals surface area contributed by atoms with Crippen molar-refractivity contribution in [1.82, 2.24) is 0 Å². The highest BCUT2D eigenvalue weighted by molar-refractivity contribution is 5.83. The predicted molar refractivity (Wildman–Crippen MR) is 68.2 cm³/mol. The molecule has 4 rings (SSSR count). The molecule has 0 amide bonds. The molecule has 0 heterocycles. The van der Waals surface area contributed by atoms with E-state index in [2.05, 4.69) is 54.7 Å². The summed E-state index contributed by atoms with van der Waals surface area (Å²) in [7, 11) is 0. The highest BCUT2D eigenvalue weighted by atomic mass is 14.2. The van der Waals surface area contributed by atoms with Crippen LogP contribution in [0.5, 0.6) is 0 Å². The van der Waals surface area contributed by atoms with Crippen LogP contribution in [0.2, 0.25) is 0 Å². The van der Waals surface area contributed by atoms with Crippen molar-refractivity contribution < 1.29 is 0 Å². The lowest BCUT2D eigenvalue weighted by atomic mass is 9.79. The van der Waals surface area contributed by atoms with Crippen LogP contribution in [0.1, 0.15) is 23.5 Å². The van der Waals surface area contributed by atoms with E-state index in [9.17, 15) is 0 Å². The van der Waals surface area contributed by atoms with Gasteiger partial charge in [0.25, 0.3) is 0 Å². The molecular weight excluding hydrogens is 192 g/mol. The molecule has 0 radical (unpaired) electrons. The smallest absolute Gasteiger partial charge is 0.0217 e. The van der Waals surface area contributed by atoms with Gasteiger partial charge in [-0.1, -0.05) is 54.7 Å². The van der Waals surface area contributed by atoms with Gasteiger partial charge in [0.05, 0.1) is 0 Å². The molecule has 0 heteroatoms. The molecule has 0 spiro atoms. The molecule has 0 aromatic heterocycles. The van der Waals surface area contributed by atoms with Crippen LogP contribution in [-0.2, 0) is 0 Å². The summed E-state index contributed by atoms with van der Waals surface area (Å²) in [6.07, 6.45) is 17.0. The Balaban J connectivity index is 2.25. The lowest BCUT2D eigenvalue weighted by molar-refractivity contribution is 1.03. The van der Waals surface area contributed by atoms with Gasteiger partial charge in [-0.3, -0.25) is 0 Å². The number of hydrogen-bond donors (Lipinski definition) is 0. The first-order chi connectivity index (χ1) is 7.93. The first-order valence-electron chi connectivity index (χ1n) is 5.84. The zero-order chi connectivity index (χ0) is 10.5. The summed E-state index contributed by atoms with van der Waals surface area (Å²) in [4.78, 5) is 0. The fourth-order valence-corrected chi connectivity index (χ4v) is 2.96. The van der Waals surface area contributed by atoms with E-state index in [1.807, 2.05) is 0 Å². The molecule has 0 saturated carbocycles. The van der Waals surface area contributed by atoms with Crippen molar-refractivity contribution >= 4 is 17.7 Å². The lowest BCUT2D eigenvalue weighted by Gasteiger charge is -2.25. The van der Waals surface area contributed by atoms with Gasteiger partial charge in [0.15, 0.2) is 0 Å². The molecule has 0 nitrogen and oxygen atoms in total. The maximum Gasteiger partial charge on any atom is 0.0217 e. The summed E-state index contributed by atoms with van der Waals surface area (Å²) >= 11 is 0. The van der Waals surface area contributed by atoms with E-state index in [1.165, 1.54) is 27.1 Å². The zero-order valence-corrected chi connectivity index (χ0v) is 8.98. The number of rotatable bonds is 0. The number of allylic oxidation sites excluding steroid dienone is 6. The minimum Gasteiger partial charge on any atom is -0.0732 e. The fraction of sp³-hybridized carbons (Fsp3) is 0.125. The Bertz CT molecular complexity index is 681. The van der Waals surface area contributed by atoms with Crippen molar-refractivity contribution in [3.05, 3.63) is 64.1 Å². The molecule has 1 unspecified atom stereocenters. The molecule has 1 aromatic rings. The topological polar surface area (TPSA) is 0 Å². The van der Waals surface area contributed by atoms with Crippen LogP contribution >= 0.6 is 0 Å². The highest BCUT2D eigenvalue weighted by Gasteiger charge is 2.21. The van der Waals surface area contributed by atoms with E-state index in [0.29, 0.717) is 5.92 Å². The van der Waals surface area contributed by atoms with Gasteiger partial charge < -0.3 is 0 Å². The maximum atomic E-state index is 2.33. The van der Waals surface area contributed by atoms with E-state index in [1.54, 1.807) is 0 Å². The summed E-state index contributed by atoms with van der Waals surface area (Å²) in [5.74, 6) is 0.485. The Kier molecular flexibility index (Phi) is 1.49. The van der Waals surface area contributed by atoms with Gasteiger partial charge in [-0.05, 0) is 33.6 Å². The quantitative estimate of drug-likeness (QED) is 0.608. The predicted octanol–water partition coefficient (Wildman–Crippen LogP) is 2.26. The average molecular weight is 204 g/mol. The van der Waals surface area contributed by atoms with Crippen molar-refractivity contribution in [3.63, 3.8) is 0 Å². The zero-order valence-electron chi connectivity index (χ0n) is 8.98. The van der Waals surface area contributed by atoms with Crippen molar-refractivity contribution in [2.24, 2.45) is 0 Å². The highest BCUT2D eigenvalue weighted by Crippen LogP contribution is 2.32. The third-order valence-electron chi connectivity index (χ3n) is 3.69. The van der Waals surface area contributed by atoms with E-state index >= 15 is 0 Å². The molecule has 1 aromatic carbocycles. The molecule has 1 atom stereocenters. The first kappa shape index (κ1) is 8.35. The van der Waals surface area contributed by atoms with Crippen LogP contribution in [0.3, 0.4) is 0 Å². The molecule has 0 fully saturated rings. The van der Waals surface area contributed by atoms with Crippen molar-refractivity contribution in [3.8, 4) is 0 Å². The summed E-state index contributed by atoms with van der Waals surface area (Å²) in [5.41, 5.74) is 4.39. The van der Waals surface area contributed by atoms with E-state index in [4.69, 9.17) is 0 Å². The second kappa shape index (κ2) is 2.85. The van der Waals surface area contributed by atoms with Crippen LogP contribution in [0.25, 0.3) is 17.7 Å². The molecule has 0 bridgehead atoms. The third-order valence-corrected chi connectivity index (χ3v) is 3.69. The minimum atomic E-state index is 0.485. The summed E-state index contributed by atoms with van der Waals surface area (Å²) in [6, 6.07) is 4.51. The van der Waals surface area contributed by atoms with Crippen molar-refractivity contribution in [2.45, 2.75) is 12.3 Å². The van der Waals surface area contributed by atoms with Gasteiger partial charge in [0.2, 0.25) is 0 Å². The Morgan fingerprint density at radius 1 is 1.00 bits per heavy atom. The second-order valence-corrected chi connectivity index (χ2v) is 4.57. The summed E-state index contributed by atoms with van der Waals surface area (Å²) in [5, 5.41) is 2.80. The van der Waals surface area contributed by atoms with E-state index < -0.39 is 0 Å². The molecule has 0 N–H and O–H groups in total. The molecule has 76 valence electrons. The fourth-order valence-electron chi connectivity index (χ4n) is 2.96. The largest absolute Gasteiger partial charge is 0.0732 e. The van der Waals surface area contributed by atoms with Crippen LogP contribution in [0.15, 0.2) is 42.5 Å². The molecule has 0 saturated heterocycles. The number of benzene rings is 1. The van der Waals surface area contributed by atoms with E-state index in [0.717, 1.165) is 6.42 Å². The Morgan fingerprint density at radius 3 is 2.94 bits per heavy atom. The molecule has 16 heavy (non-hydrogen) atoms. The van der Waals surface area contributed by atoms with Crippen LogP contribution in [-0.4, -0.2) is 0 Å². The normalized spacial score (nSPS) is 23.0. The number of hydrogen-bond acceptors (Lipinski definition) is 0. The lowest BCUT2D eigenvalue weighted by Crippen LogP contribution is -2.26. The average Bonchev–Trinajstić information content (AvgIpc) is 2.36. The van der Waals surface area contributed by atoms with Gasteiger partial charge in [-0.2, -0.15) is 0 Å². The third kappa shape index (κ3) is 0.943. The second-order valence-electron chi connectivity index (χ2n) is 4.57. The van der Waals surface area contributed by atoms with Crippen LogP contribution in [0, 0.1) is 0 Å². The van der Waals surface area contributed by atoms with Gasteiger partial charge in [0, 0.05) is 5.92 Å². The Hall–Kier alpha value is -1.82. The minimum absolute atomic E-state index is 0.485.